The van der Waals surface area contributed by atoms with E-state index in [1.54, 1.807) is 23.0 Å². The Bertz CT molecular complexity index is 1330. The van der Waals surface area contributed by atoms with Gasteiger partial charge in [0.2, 0.25) is 5.89 Å². The summed E-state index contributed by atoms with van der Waals surface area (Å²) in [6.07, 6.45) is 2.75. The van der Waals surface area contributed by atoms with Crippen LogP contribution in [-0.2, 0) is 42.8 Å². The van der Waals surface area contributed by atoms with Crippen molar-refractivity contribution >= 4 is 23.0 Å². The van der Waals surface area contributed by atoms with Gasteiger partial charge in [-0.15, -0.1) is 0 Å². The molecular formula is C26H24F3N3O3S. The third kappa shape index (κ3) is 7.17. The van der Waals surface area contributed by atoms with E-state index in [1.807, 2.05) is 37.4 Å². The summed E-state index contributed by atoms with van der Waals surface area (Å²) in [5.41, 5.74) is 2.48. The fraction of sp³-hybridized carbons (Fsp3) is 0.231. The zero-order valence-electron chi connectivity index (χ0n) is 19.4. The molecule has 2 aromatic heterocycles. The minimum absolute atomic E-state index is 0.188. The molecule has 2 heterocycles. The fourth-order valence-corrected chi connectivity index (χ4v) is 4.52. The number of benzene rings is 2. The van der Waals surface area contributed by atoms with Crippen molar-refractivity contribution in [2.75, 3.05) is 5.75 Å². The van der Waals surface area contributed by atoms with E-state index in [-0.39, 0.29) is 6.61 Å². The molecule has 10 heteroatoms. The maximum atomic E-state index is 12.7. The average Bonchev–Trinajstić information content (AvgIpc) is 3.49. The van der Waals surface area contributed by atoms with Crippen molar-refractivity contribution in [3.05, 3.63) is 101 Å². The van der Waals surface area contributed by atoms with E-state index in [9.17, 15) is 17.4 Å². The molecule has 6 nitrogen and oxygen atoms in total. The Morgan fingerprint density at radius 1 is 1.06 bits per heavy atom. The second kappa shape index (κ2) is 11.4. The van der Waals surface area contributed by atoms with Crippen LogP contribution < -0.4 is 4.74 Å². The summed E-state index contributed by atoms with van der Waals surface area (Å²) in [5, 5.41) is 4.12. The Morgan fingerprint density at radius 3 is 2.47 bits per heavy atom. The molecule has 0 bridgehead atoms. The third-order valence-electron chi connectivity index (χ3n) is 5.37. The quantitative estimate of drug-likeness (QED) is 0.272. The van der Waals surface area contributed by atoms with Crippen LogP contribution in [0.25, 0.3) is 12.2 Å². The summed E-state index contributed by atoms with van der Waals surface area (Å²) in [4.78, 5) is 4.30. The Labute approximate surface area is 208 Å². The Balaban J connectivity index is 1.23. The lowest BCUT2D eigenvalue weighted by Gasteiger charge is -2.06. The van der Waals surface area contributed by atoms with Gasteiger partial charge in [0.05, 0.1) is 5.56 Å². The van der Waals surface area contributed by atoms with Gasteiger partial charge in [-0.2, -0.15) is 18.3 Å². The van der Waals surface area contributed by atoms with Crippen LogP contribution in [-0.4, -0.2) is 24.7 Å². The van der Waals surface area contributed by atoms with Crippen molar-refractivity contribution in [1.82, 2.24) is 14.8 Å². The average molecular weight is 516 g/mol. The number of ether oxygens (including phenoxy) is 1. The van der Waals surface area contributed by atoms with Crippen LogP contribution in [0.5, 0.6) is 5.75 Å². The first-order valence-electron chi connectivity index (χ1n) is 11.1. The predicted molar refractivity (Wildman–Crippen MR) is 131 cm³/mol. The van der Waals surface area contributed by atoms with Crippen molar-refractivity contribution < 1.29 is 26.5 Å². The van der Waals surface area contributed by atoms with Gasteiger partial charge in [-0.25, -0.2) is 4.98 Å². The minimum Gasteiger partial charge on any atom is -0.487 e. The highest BCUT2D eigenvalue weighted by molar-refractivity contribution is 7.84. The number of oxazole rings is 1. The van der Waals surface area contributed by atoms with Crippen LogP contribution >= 0.6 is 0 Å². The van der Waals surface area contributed by atoms with Crippen LogP contribution in [0.3, 0.4) is 0 Å². The first-order valence-corrected chi connectivity index (χ1v) is 12.6. The van der Waals surface area contributed by atoms with E-state index < -0.39 is 22.5 Å². The zero-order valence-corrected chi connectivity index (χ0v) is 20.3. The van der Waals surface area contributed by atoms with Gasteiger partial charge >= 0.3 is 6.18 Å². The molecule has 188 valence electrons. The molecule has 0 saturated carbocycles. The summed E-state index contributed by atoms with van der Waals surface area (Å²) >= 11 is 0. The van der Waals surface area contributed by atoms with Crippen molar-refractivity contribution in [1.29, 1.82) is 0 Å². The highest BCUT2D eigenvalue weighted by atomic mass is 32.2. The summed E-state index contributed by atoms with van der Waals surface area (Å²) < 4.78 is 63.3. The molecule has 1 atom stereocenters. The Morgan fingerprint density at radius 2 is 1.81 bits per heavy atom. The third-order valence-corrected chi connectivity index (χ3v) is 6.69. The molecule has 0 aliphatic carbocycles. The van der Waals surface area contributed by atoms with E-state index in [4.69, 9.17) is 9.15 Å². The van der Waals surface area contributed by atoms with Gasteiger partial charge < -0.3 is 9.15 Å². The highest BCUT2D eigenvalue weighted by Crippen LogP contribution is 2.29. The van der Waals surface area contributed by atoms with Crippen LogP contribution in [0.2, 0.25) is 0 Å². The molecule has 0 amide bonds. The first kappa shape index (κ1) is 25.4. The molecule has 2 aromatic carbocycles. The molecule has 36 heavy (non-hydrogen) atoms. The van der Waals surface area contributed by atoms with Crippen molar-refractivity contribution in [3.63, 3.8) is 0 Å². The van der Waals surface area contributed by atoms with Gasteiger partial charge in [-0.3, -0.25) is 8.89 Å². The van der Waals surface area contributed by atoms with E-state index in [1.165, 1.54) is 18.4 Å². The number of hydrogen-bond acceptors (Lipinski definition) is 5. The van der Waals surface area contributed by atoms with Crippen molar-refractivity contribution in [2.24, 2.45) is 7.05 Å². The summed E-state index contributed by atoms with van der Waals surface area (Å²) in [7, 11) is 0.889. The second-order valence-corrected chi connectivity index (χ2v) is 9.62. The molecule has 0 fully saturated rings. The lowest BCUT2D eigenvalue weighted by Crippen LogP contribution is -2.07. The largest absolute Gasteiger partial charge is 0.487 e. The number of halogens is 3. The summed E-state index contributed by atoms with van der Waals surface area (Å²) in [5.74, 6) is 2.00. The fourth-order valence-electron chi connectivity index (χ4n) is 3.38. The lowest BCUT2D eigenvalue weighted by atomic mass is 10.1. The lowest BCUT2D eigenvalue weighted by molar-refractivity contribution is -0.137. The van der Waals surface area contributed by atoms with Crippen LogP contribution in [0, 0.1) is 0 Å². The molecule has 0 saturated heterocycles. The van der Waals surface area contributed by atoms with Gasteiger partial charge in [-0.1, -0.05) is 24.3 Å². The molecule has 0 N–H and O–H groups in total. The zero-order chi connectivity index (χ0) is 25.5. The van der Waals surface area contributed by atoms with Crippen LogP contribution in [0.1, 0.15) is 34.0 Å². The van der Waals surface area contributed by atoms with Crippen LogP contribution in [0.4, 0.5) is 13.2 Å². The smallest absolute Gasteiger partial charge is 0.416 e. The molecule has 0 radical (unpaired) electrons. The normalized spacial score (nSPS) is 12.8. The molecule has 4 aromatic rings. The van der Waals surface area contributed by atoms with E-state index in [0.29, 0.717) is 40.8 Å². The van der Waals surface area contributed by atoms with Gasteiger partial charge in [0.25, 0.3) is 0 Å². The number of nitrogens with zero attached hydrogens (tertiary/aromatic N) is 3. The molecule has 0 aliphatic heterocycles. The Hall–Kier alpha value is -3.66. The molecule has 0 aliphatic rings. The van der Waals surface area contributed by atoms with Gasteiger partial charge in [0.15, 0.2) is 0 Å². The van der Waals surface area contributed by atoms with E-state index in [0.717, 1.165) is 23.4 Å². The predicted octanol–water partition coefficient (Wildman–Crippen LogP) is 5.67. The van der Waals surface area contributed by atoms with Crippen molar-refractivity contribution in [2.45, 2.75) is 25.0 Å². The summed E-state index contributed by atoms with van der Waals surface area (Å²) in [6, 6.07) is 14.2. The van der Waals surface area contributed by atoms with Gasteiger partial charge in [0.1, 0.15) is 24.3 Å². The van der Waals surface area contributed by atoms with Crippen molar-refractivity contribution in [3.8, 4) is 5.75 Å². The van der Waals surface area contributed by atoms with Gasteiger partial charge in [0, 0.05) is 53.7 Å². The number of aryl methyl sites for hydroxylation is 2. The maximum Gasteiger partial charge on any atom is 0.416 e. The standard InChI is InChI=1S/C26H24F3N3O3S/c1-32-23(12-14-30-32)13-15-36(33)18-20-4-9-24(10-5-20)34-16-22-17-35-25(31-22)11-6-19-2-7-21(8-3-19)26(27,28)29/h2-12,14,17H,13,15-16,18H2,1H3/b11-6+. The Kier molecular flexibility index (Phi) is 8.04. The van der Waals surface area contributed by atoms with E-state index in [2.05, 4.69) is 10.1 Å². The number of aromatic nitrogens is 3. The second-order valence-electron chi connectivity index (χ2n) is 8.05. The first-order chi connectivity index (χ1) is 17.3. The minimum atomic E-state index is -4.36. The SMILES string of the molecule is Cn1nccc1CCS(=O)Cc1ccc(OCc2coc(/C=C/c3ccc(C(F)(F)F)cc3)n2)cc1. The molecule has 1 unspecified atom stereocenters. The van der Waals surface area contributed by atoms with E-state index >= 15 is 0 Å². The highest BCUT2D eigenvalue weighted by Gasteiger charge is 2.29. The molecule has 0 spiro atoms. The topological polar surface area (TPSA) is 70.2 Å². The molecular weight excluding hydrogens is 491 g/mol. The molecule has 4 rings (SSSR count). The van der Waals surface area contributed by atoms with Gasteiger partial charge in [-0.05, 0) is 47.5 Å². The maximum absolute atomic E-state index is 12.7. The van der Waals surface area contributed by atoms with Crippen LogP contribution in [0.15, 0.2) is 71.5 Å². The number of rotatable bonds is 10. The monoisotopic (exact) mass is 515 g/mol. The number of hydrogen-bond donors (Lipinski definition) is 0. The number of alkyl halides is 3. The summed E-state index contributed by atoms with van der Waals surface area (Å²) in [6.45, 7) is 0.188.